The van der Waals surface area contributed by atoms with Crippen LogP contribution in [0.4, 0.5) is 0 Å². The number of imidazole rings is 1. The molecule has 64 valence electrons. The zero-order chi connectivity index (χ0) is 8.81. The molecule has 0 aliphatic carbocycles. The molecule has 3 nitrogen and oxygen atoms in total. The van der Waals surface area contributed by atoms with Crippen molar-refractivity contribution in [3.05, 3.63) is 18.2 Å². The highest BCUT2D eigenvalue weighted by Gasteiger charge is 2.08. The lowest BCUT2D eigenvalue weighted by Gasteiger charge is -1.95. The molecule has 0 unspecified atom stereocenters. The van der Waals surface area contributed by atoms with Gasteiger partial charge in [-0.15, -0.1) is 11.8 Å². The molecule has 0 aliphatic rings. The average Bonchev–Trinajstić information content (AvgIpc) is 2.50. The Morgan fingerprint density at radius 2 is 2.58 bits per heavy atom. The summed E-state index contributed by atoms with van der Waals surface area (Å²) in [6.07, 6.45) is 4.29. The van der Waals surface area contributed by atoms with Gasteiger partial charge in [-0.1, -0.05) is 6.92 Å². The Bertz CT molecular complexity index is 274. The normalized spacial score (nSPS) is 9.67. The summed E-state index contributed by atoms with van der Waals surface area (Å²) in [5.41, 5.74) is 0. The first-order chi connectivity index (χ1) is 5.88. The maximum Gasteiger partial charge on any atom is 0.269 e. The second kappa shape index (κ2) is 4.83. The van der Waals surface area contributed by atoms with Gasteiger partial charge < -0.3 is 0 Å². The van der Waals surface area contributed by atoms with Gasteiger partial charge in [-0.05, 0) is 5.75 Å². The van der Waals surface area contributed by atoms with Gasteiger partial charge in [0.2, 0.25) is 0 Å². The summed E-state index contributed by atoms with van der Waals surface area (Å²) in [7, 11) is 0. The second-order valence-electron chi connectivity index (χ2n) is 2.33. The maximum atomic E-state index is 8.50. The number of aromatic amines is 1. The molecule has 0 fully saturated rings. The van der Waals surface area contributed by atoms with Crippen molar-refractivity contribution in [3.8, 4) is 6.07 Å². The van der Waals surface area contributed by atoms with Crippen molar-refractivity contribution in [2.24, 2.45) is 0 Å². The molecule has 0 radical (unpaired) electrons. The summed E-state index contributed by atoms with van der Waals surface area (Å²) in [6.45, 7) is 2.13. The lowest BCUT2D eigenvalue weighted by atomic mass is 10.4. The molecule has 0 amide bonds. The van der Waals surface area contributed by atoms with Crippen molar-refractivity contribution in [2.75, 3.05) is 5.75 Å². The Kier molecular flexibility index (Phi) is 3.68. The van der Waals surface area contributed by atoms with E-state index in [0.717, 1.165) is 17.5 Å². The first-order valence-electron chi connectivity index (χ1n) is 3.89. The van der Waals surface area contributed by atoms with Gasteiger partial charge in [0, 0.05) is 0 Å². The number of rotatable bonds is 4. The minimum Gasteiger partial charge on any atom is -0.247 e. The summed E-state index contributed by atoms with van der Waals surface area (Å²) < 4.78 is 2.07. The van der Waals surface area contributed by atoms with Crippen molar-refractivity contribution >= 4 is 11.8 Å². The molecule has 0 spiro atoms. The molecule has 0 saturated heterocycles. The second-order valence-corrected chi connectivity index (χ2v) is 3.58. The van der Waals surface area contributed by atoms with E-state index < -0.39 is 0 Å². The molecule has 1 heterocycles. The van der Waals surface area contributed by atoms with Crippen LogP contribution in [0.5, 0.6) is 0 Å². The fourth-order valence-electron chi connectivity index (χ4n) is 0.934. The molecule has 0 atom stereocenters. The molecule has 0 aromatic carbocycles. The smallest absolute Gasteiger partial charge is 0.247 e. The van der Waals surface area contributed by atoms with E-state index in [2.05, 4.69) is 22.5 Å². The summed E-state index contributed by atoms with van der Waals surface area (Å²) in [4.78, 5) is 3.04. The molecular weight excluding hydrogens is 170 g/mol. The first-order valence-corrected chi connectivity index (χ1v) is 5.04. The van der Waals surface area contributed by atoms with E-state index in [4.69, 9.17) is 5.26 Å². The highest BCUT2D eigenvalue weighted by atomic mass is 32.2. The van der Waals surface area contributed by atoms with Crippen LogP contribution in [-0.4, -0.2) is 10.7 Å². The van der Waals surface area contributed by atoms with Crippen molar-refractivity contribution in [3.63, 3.8) is 0 Å². The van der Waals surface area contributed by atoms with E-state index >= 15 is 0 Å². The average molecular weight is 182 g/mol. The number of H-pyrrole nitrogens is 1. The highest BCUT2D eigenvalue weighted by molar-refractivity contribution is 7.98. The number of thioether (sulfide) groups is 1. The van der Waals surface area contributed by atoms with Gasteiger partial charge in [0.15, 0.2) is 0 Å². The number of nitriles is 1. The predicted octanol–water partition coefficient (Wildman–Crippen LogP) is 1.08. The first kappa shape index (κ1) is 9.14. The fourth-order valence-corrected chi connectivity index (χ4v) is 1.56. The van der Waals surface area contributed by atoms with E-state index in [0.29, 0.717) is 6.42 Å². The third kappa shape index (κ3) is 2.28. The Balaban J connectivity index is 2.58. The van der Waals surface area contributed by atoms with E-state index in [1.165, 1.54) is 0 Å². The molecule has 1 N–H and O–H groups in total. The van der Waals surface area contributed by atoms with Crippen LogP contribution in [0.1, 0.15) is 12.7 Å². The van der Waals surface area contributed by atoms with Crippen molar-refractivity contribution in [1.29, 1.82) is 5.26 Å². The summed E-state index contributed by atoms with van der Waals surface area (Å²) in [5.74, 6) is 3.01. The van der Waals surface area contributed by atoms with Gasteiger partial charge >= 0.3 is 0 Å². The van der Waals surface area contributed by atoms with Crippen LogP contribution in [-0.2, 0) is 12.3 Å². The lowest BCUT2D eigenvalue weighted by Crippen LogP contribution is -2.34. The van der Waals surface area contributed by atoms with Crippen LogP contribution < -0.4 is 4.57 Å². The minimum absolute atomic E-state index is 0.456. The maximum absolute atomic E-state index is 8.50. The minimum atomic E-state index is 0.456. The van der Waals surface area contributed by atoms with Crippen LogP contribution in [0.25, 0.3) is 0 Å². The summed E-state index contributed by atoms with van der Waals surface area (Å²) in [5, 5.41) is 8.50. The number of hydrogen-bond acceptors (Lipinski definition) is 2. The summed E-state index contributed by atoms with van der Waals surface area (Å²) in [6, 6.07) is 2.13. The molecule has 1 aromatic heterocycles. The summed E-state index contributed by atoms with van der Waals surface area (Å²) >= 11 is 1.84. The fraction of sp³-hybridized carbons (Fsp3) is 0.500. The van der Waals surface area contributed by atoms with E-state index in [9.17, 15) is 0 Å². The van der Waals surface area contributed by atoms with Gasteiger partial charge in [-0.3, -0.25) is 0 Å². The Hall–Kier alpha value is -0.950. The molecule has 12 heavy (non-hydrogen) atoms. The highest BCUT2D eigenvalue weighted by Crippen LogP contribution is 1.98. The lowest BCUT2D eigenvalue weighted by molar-refractivity contribution is -0.681. The Morgan fingerprint density at radius 3 is 3.25 bits per heavy atom. The third-order valence-corrected chi connectivity index (χ3v) is 2.40. The number of aromatic nitrogens is 2. The molecule has 0 bridgehead atoms. The monoisotopic (exact) mass is 182 g/mol. The largest absolute Gasteiger partial charge is 0.269 e. The number of hydrogen-bond donors (Lipinski definition) is 1. The molecule has 0 saturated carbocycles. The molecular formula is C8H12N3S+. The molecule has 1 aromatic rings. The van der Waals surface area contributed by atoms with Crippen LogP contribution in [0.3, 0.4) is 0 Å². The van der Waals surface area contributed by atoms with Gasteiger partial charge in [0.05, 0.1) is 6.07 Å². The standard InChI is InChI=1S/C8H11N3S/c1-2-12-7-11-6-5-10-8(11)3-4-9/h5-6H,2-3,7H2,1H3/p+1. The third-order valence-electron chi connectivity index (χ3n) is 1.53. The van der Waals surface area contributed by atoms with Gasteiger partial charge in [-0.2, -0.15) is 5.26 Å². The molecule has 0 aliphatic heterocycles. The van der Waals surface area contributed by atoms with Gasteiger partial charge in [-0.25, -0.2) is 9.55 Å². The quantitative estimate of drug-likeness (QED) is 0.708. The van der Waals surface area contributed by atoms with Crippen LogP contribution in [0.15, 0.2) is 12.4 Å². The van der Waals surface area contributed by atoms with E-state index in [-0.39, 0.29) is 0 Å². The zero-order valence-electron chi connectivity index (χ0n) is 7.08. The predicted molar refractivity (Wildman–Crippen MR) is 48.4 cm³/mol. The van der Waals surface area contributed by atoms with Gasteiger partial charge in [0.1, 0.15) is 24.7 Å². The van der Waals surface area contributed by atoms with Gasteiger partial charge in [0.25, 0.3) is 5.82 Å². The molecule has 4 heteroatoms. The zero-order valence-corrected chi connectivity index (χ0v) is 7.90. The van der Waals surface area contributed by atoms with Crippen molar-refractivity contribution in [2.45, 2.75) is 19.2 Å². The topological polar surface area (TPSA) is 43.5 Å². The number of nitrogens with zero attached hydrogens (tertiary/aromatic N) is 2. The number of nitrogens with one attached hydrogen (secondary N) is 1. The van der Waals surface area contributed by atoms with E-state index in [1.807, 2.05) is 24.2 Å². The SMILES string of the molecule is CCSC[n+]1cc[nH]c1CC#N. The van der Waals surface area contributed by atoms with E-state index in [1.54, 1.807) is 0 Å². The molecule has 1 rings (SSSR count). The Labute approximate surface area is 76.4 Å². The Morgan fingerprint density at radius 1 is 1.75 bits per heavy atom. The van der Waals surface area contributed by atoms with Crippen LogP contribution >= 0.6 is 11.8 Å². The van der Waals surface area contributed by atoms with Crippen molar-refractivity contribution < 1.29 is 4.57 Å². The van der Waals surface area contributed by atoms with Crippen molar-refractivity contribution in [1.82, 2.24) is 4.98 Å². The van der Waals surface area contributed by atoms with Crippen LogP contribution in [0, 0.1) is 11.3 Å². The van der Waals surface area contributed by atoms with Crippen LogP contribution in [0.2, 0.25) is 0 Å².